The number of rotatable bonds is 18. The lowest BCUT2D eigenvalue weighted by Crippen LogP contribution is -2.63. The van der Waals surface area contributed by atoms with Crippen molar-refractivity contribution in [1.82, 2.24) is 0 Å². The summed E-state index contributed by atoms with van der Waals surface area (Å²) in [5, 5.41) is 37.8. The van der Waals surface area contributed by atoms with Gasteiger partial charge in [-0.3, -0.25) is 9.59 Å². The van der Waals surface area contributed by atoms with E-state index in [0.717, 1.165) is 44.9 Å². The molecule has 0 amide bonds. The average molecular weight is 402 g/mol. The molecular formula is C21H39NO6. The van der Waals surface area contributed by atoms with Gasteiger partial charge in [0.1, 0.15) is 11.9 Å². The number of carboxylic acid groups (broad SMARTS) is 1. The molecular weight excluding hydrogens is 362 g/mol. The molecule has 0 heterocycles. The van der Waals surface area contributed by atoms with E-state index < -0.39 is 30.3 Å². The summed E-state index contributed by atoms with van der Waals surface area (Å²) in [5.74, 6) is -1.20. The quantitative estimate of drug-likeness (QED) is 0.175. The van der Waals surface area contributed by atoms with Gasteiger partial charge in [0, 0.05) is 12.8 Å². The number of allylic oxidation sites excluding steroid dienone is 1. The number of aliphatic hydroxyl groups excluding tert-OH is 3. The third kappa shape index (κ3) is 10.9. The van der Waals surface area contributed by atoms with Gasteiger partial charge in [-0.1, -0.05) is 51.2 Å². The monoisotopic (exact) mass is 401 g/mol. The van der Waals surface area contributed by atoms with Crippen molar-refractivity contribution in [1.29, 1.82) is 0 Å². The van der Waals surface area contributed by atoms with Crippen molar-refractivity contribution in [2.24, 2.45) is 5.73 Å². The van der Waals surface area contributed by atoms with Crippen LogP contribution in [-0.2, 0) is 9.59 Å². The average Bonchev–Trinajstić information content (AvgIpc) is 2.68. The predicted octanol–water partition coefficient (Wildman–Crippen LogP) is 2.31. The molecule has 3 atom stereocenters. The first-order valence-electron chi connectivity index (χ1n) is 10.5. The molecule has 0 aromatic rings. The zero-order chi connectivity index (χ0) is 21.4. The number of hydrogen-bond donors (Lipinski definition) is 5. The lowest BCUT2D eigenvalue weighted by atomic mass is 9.89. The summed E-state index contributed by atoms with van der Waals surface area (Å²) in [6, 6.07) is 0. The largest absolute Gasteiger partial charge is 0.480 e. The highest BCUT2D eigenvalue weighted by Gasteiger charge is 2.44. The summed E-state index contributed by atoms with van der Waals surface area (Å²) < 4.78 is 0. The van der Waals surface area contributed by atoms with Crippen molar-refractivity contribution in [2.75, 3.05) is 6.61 Å². The van der Waals surface area contributed by atoms with E-state index in [2.05, 4.69) is 6.92 Å². The van der Waals surface area contributed by atoms with E-state index in [0.29, 0.717) is 18.6 Å². The molecule has 0 fully saturated rings. The van der Waals surface area contributed by atoms with E-state index >= 15 is 0 Å². The lowest BCUT2D eigenvalue weighted by molar-refractivity contribution is -0.155. The molecule has 0 aromatic carbocycles. The van der Waals surface area contributed by atoms with Crippen LogP contribution < -0.4 is 5.73 Å². The van der Waals surface area contributed by atoms with Gasteiger partial charge in [0.05, 0.1) is 12.7 Å². The fourth-order valence-electron chi connectivity index (χ4n) is 2.93. The molecule has 7 heteroatoms. The molecule has 0 bridgehead atoms. The number of carboxylic acids is 1. The summed E-state index contributed by atoms with van der Waals surface area (Å²) >= 11 is 0. The second-order valence-corrected chi connectivity index (χ2v) is 7.53. The van der Waals surface area contributed by atoms with Crippen LogP contribution in [-0.4, -0.2) is 56.5 Å². The van der Waals surface area contributed by atoms with Crippen LogP contribution in [0.25, 0.3) is 0 Å². The second-order valence-electron chi connectivity index (χ2n) is 7.53. The van der Waals surface area contributed by atoms with E-state index in [1.165, 1.54) is 12.8 Å². The Kier molecular flexibility index (Phi) is 14.9. The highest BCUT2D eigenvalue weighted by atomic mass is 16.4. The van der Waals surface area contributed by atoms with Crippen LogP contribution in [0, 0.1) is 0 Å². The fraction of sp³-hybridized carbons (Fsp3) is 0.810. The minimum absolute atomic E-state index is 0.0555. The number of unbranched alkanes of at least 4 members (excludes halogenated alkanes) is 7. The number of carbonyl (C=O) groups is 2. The number of nitrogens with two attached hydrogens (primary N) is 1. The van der Waals surface area contributed by atoms with Crippen LogP contribution in [0.5, 0.6) is 0 Å². The van der Waals surface area contributed by atoms with Gasteiger partial charge >= 0.3 is 5.97 Å². The van der Waals surface area contributed by atoms with E-state index in [1.807, 2.05) is 6.08 Å². The third-order valence-corrected chi connectivity index (χ3v) is 4.98. The third-order valence-electron chi connectivity index (χ3n) is 4.98. The Bertz CT molecular complexity index is 468. The summed E-state index contributed by atoms with van der Waals surface area (Å²) in [4.78, 5) is 22.7. The zero-order valence-corrected chi connectivity index (χ0v) is 17.2. The summed E-state index contributed by atoms with van der Waals surface area (Å²) in [6.07, 6.45) is 11.1. The minimum Gasteiger partial charge on any atom is -0.480 e. The van der Waals surface area contributed by atoms with Gasteiger partial charge in [0.15, 0.2) is 5.54 Å². The van der Waals surface area contributed by atoms with Crippen molar-refractivity contribution < 1.29 is 30.0 Å². The number of aliphatic hydroxyl groups is 3. The smallest absolute Gasteiger partial charge is 0.328 e. The van der Waals surface area contributed by atoms with Crippen LogP contribution in [0.2, 0.25) is 0 Å². The van der Waals surface area contributed by atoms with E-state index in [-0.39, 0.29) is 6.42 Å². The fourth-order valence-corrected chi connectivity index (χ4v) is 2.93. The van der Waals surface area contributed by atoms with Gasteiger partial charge in [-0.25, -0.2) is 0 Å². The molecule has 0 rings (SSSR count). The Morgan fingerprint density at radius 2 is 1.54 bits per heavy atom. The van der Waals surface area contributed by atoms with Gasteiger partial charge in [-0.15, -0.1) is 0 Å². The van der Waals surface area contributed by atoms with Crippen molar-refractivity contribution in [3.63, 3.8) is 0 Å². The first-order valence-corrected chi connectivity index (χ1v) is 10.5. The summed E-state index contributed by atoms with van der Waals surface area (Å²) in [5.41, 5.74) is 3.16. The van der Waals surface area contributed by atoms with Crippen LogP contribution >= 0.6 is 0 Å². The molecule has 0 aliphatic heterocycles. The van der Waals surface area contributed by atoms with E-state index in [1.54, 1.807) is 6.08 Å². The molecule has 0 radical (unpaired) electrons. The topological polar surface area (TPSA) is 141 Å². The highest BCUT2D eigenvalue weighted by molar-refractivity contribution is 5.79. The molecule has 6 N–H and O–H groups in total. The number of hydrogen-bond acceptors (Lipinski definition) is 6. The Morgan fingerprint density at radius 3 is 2.07 bits per heavy atom. The van der Waals surface area contributed by atoms with Gasteiger partial charge in [-0.2, -0.15) is 0 Å². The van der Waals surface area contributed by atoms with Crippen LogP contribution in [0.3, 0.4) is 0 Å². The zero-order valence-electron chi connectivity index (χ0n) is 17.2. The van der Waals surface area contributed by atoms with Gasteiger partial charge in [0.25, 0.3) is 0 Å². The molecule has 0 saturated carbocycles. The van der Waals surface area contributed by atoms with Gasteiger partial charge < -0.3 is 26.2 Å². The van der Waals surface area contributed by atoms with Crippen molar-refractivity contribution in [3.05, 3.63) is 12.2 Å². The summed E-state index contributed by atoms with van der Waals surface area (Å²) in [6.45, 7) is 1.19. The number of Topliss-reactive ketones (excluding diaryl/α,β-unsaturated/α-hetero) is 1. The van der Waals surface area contributed by atoms with E-state index in [4.69, 9.17) is 15.9 Å². The molecule has 0 spiro atoms. The van der Waals surface area contributed by atoms with E-state index in [9.17, 15) is 19.8 Å². The van der Waals surface area contributed by atoms with Crippen molar-refractivity contribution in [2.45, 2.75) is 102 Å². The molecule has 0 aliphatic rings. The first kappa shape index (κ1) is 26.7. The standard InChI is InChI=1S/C21H39NO6/c1-2-3-4-10-13-17(24)14-11-8-6-5-7-9-12-15-18(25)19(26)21(22,16-23)20(27)28/h9,12,18-19,23,25-26H,2-8,10-11,13-16,22H2,1H3,(H,27,28)/t18?,19?,21-/m0/s1. The molecule has 2 unspecified atom stereocenters. The molecule has 0 saturated heterocycles. The normalized spacial score (nSPS) is 16.0. The predicted molar refractivity (Wildman–Crippen MR) is 109 cm³/mol. The minimum atomic E-state index is -2.28. The van der Waals surface area contributed by atoms with Crippen molar-refractivity contribution >= 4 is 11.8 Å². The maximum Gasteiger partial charge on any atom is 0.328 e. The maximum atomic E-state index is 11.7. The molecule has 0 aliphatic carbocycles. The molecule has 164 valence electrons. The Balaban J connectivity index is 3.80. The lowest BCUT2D eigenvalue weighted by Gasteiger charge is -2.30. The van der Waals surface area contributed by atoms with Crippen LogP contribution in [0.15, 0.2) is 12.2 Å². The van der Waals surface area contributed by atoms with Gasteiger partial charge in [0.2, 0.25) is 0 Å². The Morgan fingerprint density at radius 1 is 0.964 bits per heavy atom. The number of ketones is 1. The SMILES string of the molecule is CCCCCCC(=O)CCCCCCC=CCC(O)C(O)[C@@](N)(CO)C(=O)O. The van der Waals surface area contributed by atoms with Crippen LogP contribution in [0.4, 0.5) is 0 Å². The number of carbonyl (C=O) groups excluding carboxylic acids is 1. The molecule has 28 heavy (non-hydrogen) atoms. The Labute approximate surface area is 168 Å². The summed E-state index contributed by atoms with van der Waals surface area (Å²) in [7, 11) is 0. The number of aliphatic carboxylic acids is 1. The molecule has 7 nitrogen and oxygen atoms in total. The van der Waals surface area contributed by atoms with Crippen LogP contribution in [0.1, 0.15) is 84.0 Å². The second kappa shape index (κ2) is 15.6. The molecule has 0 aromatic heterocycles. The van der Waals surface area contributed by atoms with Crippen molar-refractivity contribution in [3.8, 4) is 0 Å². The first-order chi connectivity index (χ1) is 13.3. The van der Waals surface area contributed by atoms with Gasteiger partial charge in [-0.05, 0) is 32.1 Å². The highest BCUT2D eigenvalue weighted by Crippen LogP contribution is 2.15. The maximum absolute atomic E-state index is 11.7. The Hall–Kier alpha value is -1.28.